The molecule has 3 nitrogen and oxygen atoms in total. The van der Waals surface area contributed by atoms with Crippen LogP contribution in [-0.4, -0.2) is 14.8 Å². The quantitative estimate of drug-likeness (QED) is 0.694. The van der Waals surface area contributed by atoms with Crippen molar-refractivity contribution in [3.8, 4) is 0 Å². The molecule has 0 aliphatic carbocycles. The van der Waals surface area contributed by atoms with E-state index in [-0.39, 0.29) is 0 Å². The first kappa shape index (κ1) is 8.73. The molecule has 2 rings (SSSR count). The number of hydrogen-bond acceptors (Lipinski definition) is 2. The molecule has 0 radical (unpaired) electrons. The van der Waals surface area contributed by atoms with Crippen molar-refractivity contribution in [2.24, 2.45) is 11.8 Å². The van der Waals surface area contributed by atoms with Crippen molar-refractivity contribution >= 4 is 0 Å². The van der Waals surface area contributed by atoms with Gasteiger partial charge in [0, 0.05) is 13.0 Å². The van der Waals surface area contributed by atoms with Gasteiger partial charge in [-0.3, -0.25) is 4.68 Å². The normalized spacial score (nSPS) is 21.9. The highest BCUT2D eigenvalue weighted by Gasteiger charge is 2.20. The van der Waals surface area contributed by atoms with Crippen molar-refractivity contribution in [1.29, 1.82) is 0 Å². The Kier molecular flexibility index (Phi) is 2.34. The molecule has 0 aromatic carbocycles. The number of aryl methyl sites for hydroxylation is 1. The molecule has 1 unspecified atom stereocenters. The van der Waals surface area contributed by atoms with E-state index in [9.17, 15) is 0 Å². The van der Waals surface area contributed by atoms with Crippen LogP contribution in [0.15, 0.2) is 6.33 Å². The summed E-state index contributed by atoms with van der Waals surface area (Å²) >= 11 is 0. The summed E-state index contributed by atoms with van der Waals surface area (Å²) < 4.78 is 2.04. The van der Waals surface area contributed by atoms with Gasteiger partial charge in [0.2, 0.25) is 0 Å². The lowest BCUT2D eigenvalue weighted by Gasteiger charge is -2.23. The summed E-state index contributed by atoms with van der Waals surface area (Å²) in [5.74, 6) is 2.81. The second-order valence-electron chi connectivity index (χ2n) is 4.39. The average molecular weight is 179 g/mol. The monoisotopic (exact) mass is 179 g/mol. The fourth-order valence-electron chi connectivity index (χ4n) is 2.17. The smallest absolute Gasteiger partial charge is 0.138 e. The first-order chi connectivity index (χ1) is 6.25. The van der Waals surface area contributed by atoms with Gasteiger partial charge in [0.25, 0.3) is 0 Å². The largest absolute Gasteiger partial charge is 0.250 e. The molecule has 2 heterocycles. The Bertz CT molecular complexity index is 277. The summed E-state index contributed by atoms with van der Waals surface area (Å²) in [6.07, 6.45) is 5.40. The van der Waals surface area contributed by atoms with Gasteiger partial charge in [0.05, 0.1) is 0 Å². The van der Waals surface area contributed by atoms with Crippen molar-refractivity contribution in [3.63, 3.8) is 0 Å². The minimum Gasteiger partial charge on any atom is -0.250 e. The van der Waals surface area contributed by atoms with Crippen LogP contribution in [0.5, 0.6) is 0 Å². The lowest BCUT2D eigenvalue weighted by atomic mass is 9.89. The molecule has 1 aliphatic rings. The summed E-state index contributed by atoms with van der Waals surface area (Å²) in [5.41, 5.74) is 0. The van der Waals surface area contributed by atoms with Gasteiger partial charge in [0.1, 0.15) is 12.2 Å². The highest BCUT2D eigenvalue weighted by molar-refractivity contribution is 4.91. The van der Waals surface area contributed by atoms with Crippen LogP contribution in [-0.2, 0) is 13.0 Å². The Balaban J connectivity index is 2.00. The van der Waals surface area contributed by atoms with Crippen molar-refractivity contribution in [3.05, 3.63) is 12.2 Å². The summed E-state index contributed by atoms with van der Waals surface area (Å²) in [5, 5.41) is 4.18. The third-order valence-corrected chi connectivity index (χ3v) is 2.72. The van der Waals surface area contributed by atoms with Crippen LogP contribution in [0.1, 0.15) is 32.5 Å². The van der Waals surface area contributed by atoms with Gasteiger partial charge in [-0.1, -0.05) is 13.8 Å². The number of rotatable bonds is 2. The molecule has 0 fully saturated rings. The van der Waals surface area contributed by atoms with Gasteiger partial charge in [-0.15, -0.1) is 0 Å². The molecule has 0 saturated heterocycles. The fraction of sp³-hybridized carbons (Fsp3) is 0.800. The van der Waals surface area contributed by atoms with Crippen LogP contribution in [0.25, 0.3) is 0 Å². The molecule has 0 saturated carbocycles. The predicted molar refractivity (Wildman–Crippen MR) is 51.3 cm³/mol. The predicted octanol–water partition coefficient (Wildman–Crippen LogP) is 1.89. The van der Waals surface area contributed by atoms with E-state index >= 15 is 0 Å². The topological polar surface area (TPSA) is 30.7 Å². The molecule has 0 N–H and O–H groups in total. The Morgan fingerprint density at radius 2 is 2.46 bits per heavy atom. The van der Waals surface area contributed by atoms with Crippen LogP contribution in [0.2, 0.25) is 0 Å². The zero-order valence-corrected chi connectivity index (χ0v) is 8.40. The SMILES string of the molecule is CC(C)CC1CCn2ncnc2C1. The third kappa shape index (κ3) is 1.90. The van der Waals surface area contributed by atoms with Crippen molar-refractivity contribution in [2.45, 2.75) is 39.7 Å². The second kappa shape index (κ2) is 3.48. The second-order valence-corrected chi connectivity index (χ2v) is 4.39. The molecule has 72 valence electrons. The lowest BCUT2D eigenvalue weighted by molar-refractivity contribution is 0.312. The molecule has 3 heteroatoms. The van der Waals surface area contributed by atoms with E-state index in [2.05, 4.69) is 23.9 Å². The Hall–Kier alpha value is -0.860. The van der Waals surface area contributed by atoms with Crippen LogP contribution in [0.3, 0.4) is 0 Å². The third-order valence-electron chi connectivity index (χ3n) is 2.72. The van der Waals surface area contributed by atoms with E-state index in [1.807, 2.05) is 4.68 Å². The molecule has 1 aliphatic heterocycles. The maximum atomic E-state index is 4.27. The summed E-state index contributed by atoms with van der Waals surface area (Å²) in [7, 11) is 0. The van der Waals surface area contributed by atoms with Crippen LogP contribution in [0.4, 0.5) is 0 Å². The Morgan fingerprint density at radius 1 is 1.62 bits per heavy atom. The van der Waals surface area contributed by atoms with Gasteiger partial charge >= 0.3 is 0 Å². The zero-order valence-electron chi connectivity index (χ0n) is 8.40. The first-order valence-corrected chi connectivity index (χ1v) is 5.12. The number of aromatic nitrogens is 3. The highest BCUT2D eigenvalue weighted by Crippen LogP contribution is 2.23. The molecular formula is C10H17N3. The average Bonchev–Trinajstić information content (AvgIpc) is 2.49. The molecular weight excluding hydrogens is 162 g/mol. The van der Waals surface area contributed by atoms with Gasteiger partial charge in [0.15, 0.2) is 0 Å². The van der Waals surface area contributed by atoms with Crippen LogP contribution < -0.4 is 0 Å². The number of nitrogens with zero attached hydrogens (tertiary/aromatic N) is 3. The van der Waals surface area contributed by atoms with E-state index < -0.39 is 0 Å². The van der Waals surface area contributed by atoms with E-state index in [0.29, 0.717) is 0 Å². The fourth-order valence-corrected chi connectivity index (χ4v) is 2.17. The van der Waals surface area contributed by atoms with Gasteiger partial charge in [-0.25, -0.2) is 4.98 Å². The maximum absolute atomic E-state index is 4.27. The van der Waals surface area contributed by atoms with Crippen molar-refractivity contribution in [2.75, 3.05) is 0 Å². The molecule has 13 heavy (non-hydrogen) atoms. The molecule has 0 bridgehead atoms. The van der Waals surface area contributed by atoms with Crippen LogP contribution in [0, 0.1) is 11.8 Å². The lowest BCUT2D eigenvalue weighted by Crippen LogP contribution is -2.21. The molecule has 0 amide bonds. The summed E-state index contributed by atoms with van der Waals surface area (Å²) in [4.78, 5) is 4.27. The first-order valence-electron chi connectivity index (χ1n) is 5.12. The number of hydrogen-bond donors (Lipinski definition) is 0. The standard InChI is InChI=1S/C10H17N3/c1-8(2)5-9-3-4-13-10(6-9)11-7-12-13/h7-9H,3-6H2,1-2H3. The molecule has 1 aromatic heterocycles. The zero-order chi connectivity index (χ0) is 9.26. The Labute approximate surface area is 79.2 Å². The van der Waals surface area contributed by atoms with Gasteiger partial charge < -0.3 is 0 Å². The molecule has 0 spiro atoms. The van der Waals surface area contributed by atoms with Crippen molar-refractivity contribution in [1.82, 2.24) is 14.8 Å². The van der Waals surface area contributed by atoms with E-state index in [4.69, 9.17) is 0 Å². The van der Waals surface area contributed by atoms with Gasteiger partial charge in [-0.2, -0.15) is 5.10 Å². The number of fused-ring (bicyclic) bond motifs is 1. The minimum absolute atomic E-state index is 0.805. The van der Waals surface area contributed by atoms with Crippen LogP contribution >= 0.6 is 0 Å². The minimum atomic E-state index is 0.805. The molecule has 1 aromatic rings. The highest BCUT2D eigenvalue weighted by atomic mass is 15.3. The van der Waals surface area contributed by atoms with Crippen molar-refractivity contribution < 1.29 is 0 Å². The Morgan fingerprint density at radius 3 is 3.23 bits per heavy atom. The van der Waals surface area contributed by atoms with E-state index in [1.54, 1.807) is 6.33 Å². The van der Waals surface area contributed by atoms with Gasteiger partial charge in [-0.05, 0) is 24.7 Å². The molecule has 1 atom stereocenters. The van der Waals surface area contributed by atoms with E-state index in [0.717, 1.165) is 24.8 Å². The van der Waals surface area contributed by atoms with E-state index in [1.165, 1.54) is 18.7 Å². The maximum Gasteiger partial charge on any atom is 0.138 e. The summed E-state index contributed by atoms with van der Waals surface area (Å²) in [6, 6.07) is 0. The summed E-state index contributed by atoms with van der Waals surface area (Å²) in [6.45, 7) is 5.64.